The molecule has 2 heterocycles. The van der Waals surface area contributed by atoms with Crippen LogP contribution < -0.4 is 0 Å². The van der Waals surface area contributed by atoms with Gasteiger partial charge in [-0.15, -0.1) is 0 Å². The van der Waals surface area contributed by atoms with E-state index in [0.717, 1.165) is 0 Å². The number of carbonyl (C=O) groups is 2. The smallest absolute Gasteiger partial charge is 0.430 e. The van der Waals surface area contributed by atoms with Gasteiger partial charge in [0, 0.05) is 0 Å². The Morgan fingerprint density at radius 3 is 2.54 bits per heavy atom. The lowest BCUT2D eigenvalue weighted by Crippen LogP contribution is -2.40. The molecule has 13 heavy (non-hydrogen) atoms. The Morgan fingerprint density at radius 2 is 2.08 bits per heavy atom. The van der Waals surface area contributed by atoms with E-state index in [9.17, 15) is 9.59 Å². The molecule has 2 saturated heterocycles. The van der Waals surface area contributed by atoms with Gasteiger partial charge < -0.3 is 18.9 Å². The third-order valence-corrected chi connectivity index (χ3v) is 2.14. The van der Waals surface area contributed by atoms with Gasteiger partial charge in [-0.3, -0.25) is 0 Å². The molecule has 6 nitrogen and oxygen atoms in total. The molecule has 0 N–H and O–H groups in total. The second-order valence-electron chi connectivity index (χ2n) is 2.59. The van der Waals surface area contributed by atoms with Crippen molar-refractivity contribution in [2.75, 3.05) is 13.2 Å². The van der Waals surface area contributed by atoms with Gasteiger partial charge in [0.2, 0.25) is 0 Å². The van der Waals surface area contributed by atoms with Crippen LogP contribution in [-0.4, -0.2) is 36.7 Å². The SMILES string of the molecule is O=C1OCC(C2(Cl)COC(=O)O2)O1. The van der Waals surface area contributed by atoms with Crippen molar-refractivity contribution in [2.24, 2.45) is 0 Å². The quantitative estimate of drug-likeness (QED) is 0.465. The number of hydrogen-bond donors (Lipinski definition) is 0. The van der Waals surface area contributed by atoms with E-state index in [2.05, 4.69) is 18.9 Å². The van der Waals surface area contributed by atoms with Crippen molar-refractivity contribution in [1.29, 1.82) is 0 Å². The summed E-state index contributed by atoms with van der Waals surface area (Å²) in [6, 6.07) is 0. The molecule has 0 aromatic heterocycles. The third-order valence-electron chi connectivity index (χ3n) is 1.71. The summed E-state index contributed by atoms with van der Waals surface area (Å²) in [5.74, 6) is 0. The number of alkyl halides is 1. The summed E-state index contributed by atoms with van der Waals surface area (Å²) in [4.78, 5) is 21.1. The summed E-state index contributed by atoms with van der Waals surface area (Å²) in [6.45, 7) is -0.201. The fraction of sp³-hybridized carbons (Fsp3) is 0.667. The van der Waals surface area contributed by atoms with Crippen molar-refractivity contribution >= 4 is 23.9 Å². The Labute approximate surface area is 77.6 Å². The van der Waals surface area contributed by atoms with Gasteiger partial charge in [0.1, 0.15) is 6.61 Å². The highest BCUT2D eigenvalue weighted by Crippen LogP contribution is 2.32. The first-order valence-electron chi connectivity index (χ1n) is 3.48. The molecule has 2 atom stereocenters. The Morgan fingerprint density at radius 1 is 1.31 bits per heavy atom. The molecule has 0 saturated carbocycles. The van der Waals surface area contributed by atoms with Gasteiger partial charge >= 0.3 is 12.3 Å². The van der Waals surface area contributed by atoms with Crippen LogP contribution in [0.25, 0.3) is 0 Å². The zero-order valence-corrected chi connectivity index (χ0v) is 7.07. The molecule has 2 aliphatic rings. The lowest BCUT2D eigenvalue weighted by atomic mass is 10.2. The van der Waals surface area contributed by atoms with Crippen molar-refractivity contribution < 1.29 is 28.5 Å². The van der Waals surface area contributed by atoms with E-state index in [4.69, 9.17) is 11.6 Å². The minimum atomic E-state index is -1.44. The van der Waals surface area contributed by atoms with Gasteiger partial charge in [0.25, 0.3) is 5.06 Å². The van der Waals surface area contributed by atoms with Gasteiger partial charge in [-0.25, -0.2) is 9.59 Å². The summed E-state index contributed by atoms with van der Waals surface area (Å²) < 4.78 is 18.2. The molecular weight excluding hydrogens is 204 g/mol. The lowest BCUT2D eigenvalue weighted by Gasteiger charge is -2.20. The molecule has 0 bridgehead atoms. The minimum absolute atomic E-state index is 0.0427. The van der Waals surface area contributed by atoms with Crippen LogP contribution >= 0.6 is 11.6 Å². The molecule has 2 rings (SSSR count). The molecular formula is C6H5ClO6. The highest BCUT2D eigenvalue weighted by atomic mass is 35.5. The van der Waals surface area contributed by atoms with Crippen LogP contribution in [0.5, 0.6) is 0 Å². The van der Waals surface area contributed by atoms with Gasteiger partial charge in [0.15, 0.2) is 12.7 Å². The number of hydrogen-bond acceptors (Lipinski definition) is 6. The predicted molar refractivity (Wildman–Crippen MR) is 37.2 cm³/mol. The van der Waals surface area contributed by atoms with Crippen LogP contribution in [0.3, 0.4) is 0 Å². The van der Waals surface area contributed by atoms with E-state index < -0.39 is 23.5 Å². The van der Waals surface area contributed by atoms with E-state index in [1.165, 1.54) is 0 Å². The average molecular weight is 209 g/mol. The summed E-state index contributed by atoms with van der Waals surface area (Å²) >= 11 is 5.81. The number of ether oxygens (including phenoxy) is 4. The molecule has 0 aromatic rings. The average Bonchev–Trinajstić information content (AvgIpc) is 2.60. The van der Waals surface area contributed by atoms with Crippen molar-refractivity contribution in [3.05, 3.63) is 0 Å². The van der Waals surface area contributed by atoms with Crippen LogP contribution in [0.1, 0.15) is 0 Å². The van der Waals surface area contributed by atoms with Crippen molar-refractivity contribution in [3.63, 3.8) is 0 Å². The summed E-state index contributed by atoms with van der Waals surface area (Å²) in [5.41, 5.74) is 0. The summed E-state index contributed by atoms with van der Waals surface area (Å²) in [6.07, 6.45) is -2.51. The molecule has 2 aliphatic heterocycles. The van der Waals surface area contributed by atoms with Crippen LogP contribution in [0.15, 0.2) is 0 Å². The molecule has 0 amide bonds. The Bertz CT molecular complexity index is 266. The summed E-state index contributed by atoms with van der Waals surface area (Å²) in [7, 11) is 0. The molecule has 2 unspecified atom stereocenters. The van der Waals surface area contributed by atoms with E-state index in [1.807, 2.05) is 0 Å². The standard InChI is InChI=1S/C6H5ClO6/c7-6(2-11-5(9)13-6)3-1-10-4(8)12-3/h3H,1-2H2. The van der Waals surface area contributed by atoms with Gasteiger partial charge in [-0.05, 0) is 0 Å². The van der Waals surface area contributed by atoms with E-state index in [0.29, 0.717) is 0 Å². The molecule has 2 fully saturated rings. The number of halogens is 1. The van der Waals surface area contributed by atoms with E-state index in [-0.39, 0.29) is 13.2 Å². The molecule has 0 spiro atoms. The normalized spacial score (nSPS) is 37.8. The van der Waals surface area contributed by atoms with E-state index in [1.54, 1.807) is 0 Å². The van der Waals surface area contributed by atoms with Crippen LogP contribution in [-0.2, 0) is 18.9 Å². The number of cyclic esters (lactones) is 4. The fourth-order valence-electron chi connectivity index (χ4n) is 1.05. The first kappa shape index (κ1) is 8.43. The highest BCUT2D eigenvalue weighted by Gasteiger charge is 2.53. The number of rotatable bonds is 1. The van der Waals surface area contributed by atoms with Gasteiger partial charge in [0.05, 0.1) is 0 Å². The Kier molecular flexibility index (Phi) is 1.73. The van der Waals surface area contributed by atoms with Crippen LogP contribution in [0.2, 0.25) is 0 Å². The molecule has 0 aliphatic carbocycles. The van der Waals surface area contributed by atoms with Crippen molar-refractivity contribution in [1.82, 2.24) is 0 Å². The highest BCUT2D eigenvalue weighted by molar-refractivity contribution is 6.24. The predicted octanol–water partition coefficient (Wildman–Crippen LogP) is 0.624. The maximum Gasteiger partial charge on any atom is 0.510 e. The second kappa shape index (κ2) is 2.66. The Balaban J connectivity index is 2.07. The van der Waals surface area contributed by atoms with Gasteiger partial charge in [-0.2, -0.15) is 0 Å². The largest absolute Gasteiger partial charge is 0.510 e. The monoisotopic (exact) mass is 208 g/mol. The topological polar surface area (TPSA) is 71.1 Å². The van der Waals surface area contributed by atoms with Crippen LogP contribution in [0.4, 0.5) is 9.59 Å². The fourth-order valence-corrected chi connectivity index (χ4v) is 1.28. The maximum atomic E-state index is 10.6. The lowest BCUT2D eigenvalue weighted by molar-refractivity contribution is 0.0172. The first-order valence-corrected chi connectivity index (χ1v) is 3.86. The minimum Gasteiger partial charge on any atom is -0.430 e. The van der Waals surface area contributed by atoms with Crippen molar-refractivity contribution in [3.8, 4) is 0 Å². The first-order chi connectivity index (χ1) is 6.10. The molecule has 0 aromatic carbocycles. The van der Waals surface area contributed by atoms with Crippen LogP contribution in [0, 0.1) is 0 Å². The second-order valence-corrected chi connectivity index (χ2v) is 3.23. The molecule has 0 radical (unpaired) electrons. The number of carbonyl (C=O) groups excluding carboxylic acids is 2. The van der Waals surface area contributed by atoms with E-state index >= 15 is 0 Å². The maximum absolute atomic E-state index is 10.6. The molecule has 7 heteroatoms. The Hall–Kier alpha value is -1.17. The third kappa shape index (κ3) is 1.37. The zero-order valence-electron chi connectivity index (χ0n) is 6.32. The van der Waals surface area contributed by atoms with Crippen molar-refractivity contribution in [2.45, 2.75) is 11.2 Å². The van der Waals surface area contributed by atoms with Gasteiger partial charge in [-0.1, -0.05) is 11.6 Å². The molecule has 72 valence electrons. The summed E-state index contributed by atoms with van der Waals surface area (Å²) in [5, 5.41) is -1.44. The zero-order chi connectivity index (χ0) is 9.47.